The number of amides is 1. The van der Waals surface area contributed by atoms with Gasteiger partial charge in [0.1, 0.15) is 17.5 Å². The minimum Gasteiger partial charge on any atom is -0.349 e. The first-order chi connectivity index (χ1) is 13.5. The Morgan fingerprint density at radius 2 is 2.11 bits per heavy atom. The monoisotopic (exact) mass is 393 g/mol. The second kappa shape index (κ2) is 7.49. The van der Waals surface area contributed by atoms with Crippen LogP contribution in [0.1, 0.15) is 24.0 Å². The summed E-state index contributed by atoms with van der Waals surface area (Å²) in [7, 11) is 0. The quantitative estimate of drug-likeness (QED) is 0.506. The highest BCUT2D eigenvalue weighted by atomic mass is 35.5. The lowest BCUT2D eigenvalue weighted by molar-refractivity contribution is -0.117. The molecule has 0 spiro atoms. The van der Waals surface area contributed by atoms with E-state index >= 15 is 0 Å². The zero-order chi connectivity index (χ0) is 19.7. The molecule has 1 aromatic heterocycles. The number of fused-ring (bicyclic) bond motifs is 1. The van der Waals surface area contributed by atoms with Gasteiger partial charge in [-0.15, -0.1) is 0 Å². The molecule has 3 aromatic rings. The average Bonchev–Trinajstić information content (AvgIpc) is 3.43. The van der Waals surface area contributed by atoms with E-state index in [1.54, 1.807) is 12.1 Å². The Labute approximate surface area is 166 Å². The van der Waals surface area contributed by atoms with Crippen LogP contribution < -0.4 is 5.32 Å². The maximum absolute atomic E-state index is 13.3. The molecule has 1 amide bonds. The van der Waals surface area contributed by atoms with Crippen molar-refractivity contribution in [1.82, 2.24) is 9.88 Å². The third kappa shape index (κ3) is 3.78. The fourth-order valence-corrected chi connectivity index (χ4v) is 3.38. The van der Waals surface area contributed by atoms with Crippen LogP contribution in [-0.2, 0) is 11.3 Å². The molecule has 0 unspecified atom stereocenters. The smallest absolute Gasteiger partial charge is 0.262 e. The maximum atomic E-state index is 13.3. The van der Waals surface area contributed by atoms with E-state index in [9.17, 15) is 14.4 Å². The molecule has 1 heterocycles. The molecule has 0 radical (unpaired) electrons. The Morgan fingerprint density at radius 3 is 2.82 bits per heavy atom. The van der Waals surface area contributed by atoms with E-state index in [1.807, 2.05) is 41.1 Å². The first-order valence-electron chi connectivity index (χ1n) is 8.99. The zero-order valence-corrected chi connectivity index (χ0v) is 15.7. The van der Waals surface area contributed by atoms with Crippen molar-refractivity contribution >= 4 is 34.5 Å². The van der Waals surface area contributed by atoms with E-state index in [1.165, 1.54) is 12.1 Å². The molecule has 0 atom stereocenters. The predicted octanol–water partition coefficient (Wildman–Crippen LogP) is 4.67. The minimum absolute atomic E-state index is 0.0783. The van der Waals surface area contributed by atoms with E-state index in [0.29, 0.717) is 11.6 Å². The Kier molecular flexibility index (Phi) is 4.89. The van der Waals surface area contributed by atoms with Crippen molar-refractivity contribution in [3.8, 4) is 6.07 Å². The van der Waals surface area contributed by atoms with Crippen molar-refractivity contribution in [3.05, 3.63) is 76.2 Å². The molecule has 140 valence electrons. The van der Waals surface area contributed by atoms with Crippen molar-refractivity contribution in [2.75, 3.05) is 0 Å². The zero-order valence-electron chi connectivity index (χ0n) is 15.0. The third-order valence-corrected chi connectivity index (χ3v) is 5.10. The van der Waals surface area contributed by atoms with Gasteiger partial charge in [0.2, 0.25) is 0 Å². The second-order valence-electron chi connectivity index (χ2n) is 6.88. The SMILES string of the molecule is N#CC(=Cc1cn(Cc2ccc(F)cc2Cl)c2ccccc12)C(=O)NC1CC1. The molecule has 1 N–H and O–H groups in total. The Bertz CT molecular complexity index is 1140. The average molecular weight is 394 g/mol. The summed E-state index contributed by atoms with van der Waals surface area (Å²) in [4.78, 5) is 12.3. The van der Waals surface area contributed by atoms with Gasteiger partial charge in [0, 0.05) is 40.3 Å². The number of hydrogen-bond donors (Lipinski definition) is 1. The van der Waals surface area contributed by atoms with Gasteiger partial charge in [-0.1, -0.05) is 35.9 Å². The molecular formula is C22H17ClFN3O. The molecule has 0 aliphatic heterocycles. The minimum atomic E-state index is -0.380. The molecule has 0 saturated heterocycles. The van der Waals surface area contributed by atoms with Crippen molar-refractivity contribution in [1.29, 1.82) is 5.26 Å². The second-order valence-corrected chi connectivity index (χ2v) is 7.29. The highest BCUT2D eigenvalue weighted by molar-refractivity contribution is 6.31. The topological polar surface area (TPSA) is 57.8 Å². The molecule has 6 heteroatoms. The van der Waals surface area contributed by atoms with Gasteiger partial charge in [-0.25, -0.2) is 4.39 Å². The summed E-state index contributed by atoms with van der Waals surface area (Å²) < 4.78 is 15.3. The van der Waals surface area contributed by atoms with Gasteiger partial charge in [-0.2, -0.15) is 5.26 Å². The lowest BCUT2D eigenvalue weighted by atomic mass is 10.1. The Hall–Kier alpha value is -3.10. The number of nitrogens with zero attached hydrogens (tertiary/aromatic N) is 2. The van der Waals surface area contributed by atoms with E-state index in [2.05, 4.69) is 5.32 Å². The fraction of sp³-hybridized carbons (Fsp3) is 0.182. The fourth-order valence-electron chi connectivity index (χ4n) is 3.15. The summed E-state index contributed by atoms with van der Waals surface area (Å²) in [6.45, 7) is 0.448. The van der Waals surface area contributed by atoms with E-state index in [0.717, 1.165) is 34.9 Å². The van der Waals surface area contributed by atoms with Gasteiger partial charge >= 0.3 is 0 Å². The lowest BCUT2D eigenvalue weighted by Crippen LogP contribution is -2.26. The molecule has 1 aliphatic carbocycles. The summed E-state index contributed by atoms with van der Waals surface area (Å²) in [6.07, 6.45) is 5.42. The highest BCUT2D eigenvalue weighted by Crippen LogP contribution is 2.27. The molecule has 1 saturated carbocycles. The summed E-state index contributed by atoms with van der Waals surface area (Å²) >= 11 is 6.18. The molecule has 2 aromatic carbocycles. The Morgan fingerprint density at radius 1 is 1.32 bits per heavy atom. The van der Waals surface area contributed by atoms with Crippen LogP contribution in [0.25, 0.3) is 17.0 Å². The van der Waals surface area contributed by atoms with E-state index < -0.39 is 0 Å². The van der Waals surface area contributed by atoms with Crippen LogP contribution in [0.2, 0.25) is 5.02 Å². The number of hydrogen-bond acceptors (Lipinski definition) is 2. The van der Waals surface area contributed by atoms with Crippen LogP contribution >= 0.6 is 11.6 Å². The number of carbonyl (C=O) groups excluding carboxylic acids is 1. The number of carbonyl (C=O) groups is 1. The van der Waals surface area contributed by atoms with Crippen LogP contribution in [0, 0.1) is 17.1 Å². The number of para-hydroxylation sites is 1. The van der Waals surface area contributed by atoms with Crippen LogP contribution in [0.15, 0.2) is 54.2 Å². The van der Waals surface area contributed by atoms with Crippen LogP contribution in [-0.4, -0.2) is 16.5 Å². The summed E-state index contributed by atoms with van der Waals surface area (Å²) in [6, 6.07) is 14.2. The van der Waals surface area contributed by atoms with Gasteiger partial charge in [0.15, 0.2) is 0 Å². The first-order valence-corrected chi connectivity index (χ1v) is 9.37. The summed E-state index contributed by atoms with van der Waals surface area (Å²) in [5, 5.41) is 13.6. The van der Waals surface area contributed by atoms with Gasteiger partial charge in [-0.3, -0.25) is 4.79 Å². The number of nitriles is 1. The number of benzene rings is 2. The van der Waals surface area contributed by atoms with Gasteiger partial charge < -0.3 is 9.88 Å². The molecule has 0 bridgehead atoms. The number of rotatable bonds is 5. The number of aromatic nitrogens is 1. The highest BCUT2D eigenvalue weighted by Gasteiger charge is 2.25. The number of halogens is 2. The van der Waals surface area contributed by atoms with E-state index in [4.69, 9.17) is 11.6 Å². The molecule has 4 rings (SSSR count). The van der Waals surface area contributed by atoms with E-state index in [-0.39, 0.29) is 23.3 Å². The largest absolute Gasteiger partial charge is 0.349 e. The van der Waals surface area contributed by atoms with Gasteiger partial charge in [0.05, 0.1) is 0 Å². The van der Waals surface area contributed by atoms with Gasteiger partial charge in [0.25, 0.3) is 5.91 Å². The summed E-state index contributed by atoms with van der Waals surface area (Å²) in [5.74, 6) is -0.724. The van der Waals surface area contributed by atoms with Gasteiger partial charge in [-0.05, 0) is 42.7 Å². The van der Waals surface area contributed by atoms with Crippen molar-refractivity contribution in [3.63, 3.8) is 0 Å². The molecule has 28 heavy (non-hydrogen) atoms. The molecule has 4 nitrogen and oxygen atoms in total. The normalized spacial score (nSPS) is 14.1. The molecule has 1 fully saturated rings. The van der Waals surface area contributed by atoms with Crippen LogP contribution in [0.5, 0.6) is 0 Å². The molecular weight excluding hydrogens is 377 g/mol. The lowest BCUT2D eigenvalue weighted by Gasteiger charge is -2.07. The molecule has 1 aliphatic rings. The predicted molar refractivity (Wildman–Crippen MR) is 107 cm³/mol. The van der Waals surface area contributed by atoms with Crippen LogP contribution in [0.3, 0.4) is 0 Å². The third-order valence-electron chi connectivity index (χ3n) is 4.75. The standard InChI is InChI=1S/C22H17ClFN3O/c23-20-10-17(24)6-5-14(20)12-27-13-16(19-3-1-2-4-21(19)27)9-15(11-25)22(28)26-18-7-8-18/h1-6,9-10,13,18H,7-8,12H2,(H,26,28). The van der Waals surface area contributed by atoms with Crippen molar-refractivity contribution in [2.45, 2.75) is 25.4 Å². The first kappa shape index (κ1) is 18.3. The Balaban J connectivity index is 1.72. The summed E-state index contributed by atoms with van der Waals surface area (Å²) in [5.41, 5.74) is 2.58. The maximum Gasteiger partial charge on any atom is 0.262 e. The van der Waals surface area contributed by atoms with Crippen molar-refractivity contribution < 1.29 is 9.18 Å². The van der Waals surface area contributed by atoms with Crippen LogP contribution in [0.4, 0.5) is 4.39 Å². The van der Waals surface area contributed by atoms with Crippen molar-refractivity contribution in [2.24, 2.45) is 0 Å². The number of nitrogens with one attached hydrogen (secondary N) is 1.